The Balaban J connectivity index is 2.05. The Labute approximate surface area is 126 Å². The molecule has 0 unspecified atom stereocenters. The van der Waals surface area contributed by atoms with Gasteiger partial charge in [0.25, 0.3) is 0 Å². The molecule has 8 heteroatoms. The van der Waals surface area contributed by atoms with Crippen molar-refractivity contribution in [3.8, 4) is 0 Å². The monoisotopic (exact) mass is 336 g/mol. The molecule has 2 atom stereocenters. The van der Waals surface area contributed by atoms with E-state index in [9.17, 15) is 8.42 Å². The van der Waals surface area contributed by atoms with Crippen LogP contribution in [0.25, 0.3) is 0 Å². The molecule has 102 valence electrons. The van der Waals surface area contributed by atoms with Crippen molar-refractivity contribution in [1.29, 1.82) is 0 Å². The highest BCUT2D eigenvalue weighted by atomic mass is 35.5. The van der Waals surface area contributed by atoms with Crippen molar-refractivity contribution in [2.45, 2.75) is 12.1 Å². The highest BCUT2D eigenvalue weighted by molar-refractivity contribution is 7.91. The van der Waals surface area contributed by atoms with Crippen molar-refractivity contribution in [1.82, 2.24) is 5.32 Å². The SMILES string of the molecule is O=S1(=O)C[C@@H]2[C@@H](C1)NC(=S)N2c1cccc(Cl)c1Cl. The highest BCUT2D eigenvalue weighted by Crippen LogP contribution is 2.37. The van der Waals surface area contributed by atoms with E-state index in [4.69, 9.17) is 35.4 Å². The summed E-state index contributed by atoms with van der Waals surface area (Å²) in [6.45, 7) is 0. The van der Waals surface area contributed by atoms with E-state index in [-0.39, 0.29) is 23.6 Å². The van der Waals surface area contributed by atoms with Gasteiger partial charge in [0.1, 0.15) is 0 Å². The van der Waals surface area contributed by atoms with Crippen LogP contribution >= 0.6 is 35.4 Å². The fourth-order valence-electron chi connectivity index (χ4n) is 2.57. The first kappa shape index (κ1) is 13.4. The Morgan fingerprint density at radius 3 is 2.79 bits per heavy atom. The summed E-state index contributed by atoms with van der Waals surface area (Å²) in [5.41, 5.74) is 0.649. The molecule has 0 amide bonds. The van der Waals surface area contributed by atoms with Gasteiger partial charge in [0.15, 0.2) is 14.9 Å². The minimum atomic E-state index is -3.03. The summed E-state index contributed by atoms with van der Waals surface area (Å²) in [5, 5.41) is 4.35. The molecule has 2 aliphatic heterocycles. The number of thiocarbonyl (C=S) groups is 1. The second-order valence-corrected chi connectivity index (χ2v) is 7.97. The number of rotatable bonds is 1. The van der Waals surface area contributed by atoms with E-state index < -0.39 is 9.84 Å². The number of nitrogens with one attached hydrogen (secondary N) is 1. The number of sulfone groups is 1. The number of benzene rings is 1. The van der Waals surface area contributed by atoms with E-state index >= 15 is 0 Å². The van der Waals surface area contributed by atoms with Crippen molar-refractivity contribution in [3.05, 3.63) is 28.2 Å². The Hall–Kier alpha value is -0.560. The first-order chi connectivity index (χ1) is 8.89. The van der Waals surface area contributed by atoms with Crippen LogP contribution in [0.2, 0.25) is 10.0 Å². The predicted molar refractivity (Wildman–Crippen MR) is 80.9 cm³/mol. The molecule has 1 aromatic carbocycles. The number of fused-ring (bicyclic) bond motifs is 1. The van der Waals surface area contributed by atoms with Gasteiger partial charge in [-0.15, -0.1) is 0 Å². The molecule has 0 spiro atoms. The van der Waals surface area contributed by atoms with Gasteiger partial charge < -0.3 is 10.2 Å². The average molecular weight is 337 g/mol. The normalized spacial score (nSPS) is 28.3. The lowest BCUT2D eigenvalue weighted by atomic mass is 10.1. The molecule has 4 nitrogen and oxygen atoms in total. The van der Waals surface area contributed by atoms with Crippen LogP contribution in [0.15, 0.2) is 18.2 Å². The maximum absolute atomic E-state index is 11.7. The molecule has 0 aromatic heterocycles. The molecular formula is C11H10Cl2N2O2S2. The summed E-state index contributed by atoms with van der Waals surface area (Å²) in [6, 6.07) is 4.85. The minimum Gasteiger partial charge on any atom is -0.356 e. The molecular weight excluding hydrogens is 327 g/mol. The maximum Gasteiger partial charge on any atom is 0.174 e. The zero-order valence-corrected chi connectivity index (χ0v) is 12.8. The van der Waals surface area contributed by atoms with Crippen LogP contribution in [0.5, 0.6) is 0 Å². The highest BCUT2D eigenvalue weighted by Gasteiger charge is 2.48. The minimum absolute atomic E-state index is 0.0770. The fraction of sp³-hybridized carbons (Fsp3) is 0.364. The summed E-state index contributed by atoms with van der Waals surface area (Å²) >= 11 is 17.5. The third kappa shape index (κ3) is 2.20. The van der Waals surface area contributed by atoms with Crippen LogP contribution in [0.1, 0.15) is 0 Å². The van der Waals surface area contributed by atoms with Gasteiger partial charge >= 0.3 is 0 Å². The van der Waals surface area contributed by atoms with Gasteiger partial charge in [0, 0.05) is 0 Å². The lowest BCUT2D eigenvalue weighted by Gasteiger charge is -2.24. The number of nitrogens with zero attached hydrogens (tertiary/aromatic N) is 1. The van der Waals surface area contributed by atoms with Crippen LogP contribution in [0.4, 0.5) is 5.69 Å². The summed E-state index contributed by atoms with van der Waals surface area (Å²) in [5.74, 6) is 0.181. The summed E-state index contributed by atoms with van der Waals surface area (Å²) in [6.07, 6.45) is 0. The standard InChI is InChI=1S/C11H10Cl2N2O2S2/c12-6-2-1-3-8(10(6)13)15-9-5-19(16,17)4-7(9)14-11(15)18/h1-3,7,9H,4-5H2,(H,14,18)/t7-,9-/m1/s1. The molecule has 2 fully saturated rings. The zero-order chi connectivity index (χ0) is 13.8. The quantitative estimate of drug-likeness (QED) is 0.793. The molecule has 2 heterocycles. The summed E-state index contributed by atoms with van der Waals surface area (Å²) < 4.78 is 23.4. The molecule has 0 saturated carbocycles. The van der Waals surface area contributed by atoms with Crippen LogP contribution in [-0.2, 0) is 9.84 Å². The van der Waals surface area contributed by atoms with Gasteiger partial charge in [-0.25, -0.2) is 8.42 Å². The van der Waals surface area contributed by atoms with Crippen molar-refractivity contribution in [3.63, 3.8) is 0 Å². The molecule has 2 aliphatic rings. The third-order valence-corrected chi connectivity index (χ3v) is 6.21. The number of hydrogen-bond acceptors (Lipinski definition) is 3. The Morgan fingerprint density at radius 2 is 2.05 bits per heavy atom. The Morgan fingerprint density at radius 1 is 1.32 bits per heavy atom. The molecule has 3 rings (SSSR count). The maximum atomic E-state index is 11.7. The van der Waals surface area contributed by atoms with E-state index in [1.54, 1.807) is 23.1 Å². The Kier molecular flexibility index (Phi) is 3.16. The molecule has 1 aromatic rings. The zero-order valence-electron chi connectivity index (χ0n) is 9.64. The van der Waals surface area contributed by atoms with Gasteiger partial charge in [0.05, 0.1) is 39.3 Å². The largest absolute Gasteiger partial charge is 0.356 e. The van der Waals surface area contributed by atoms with Crippen LogP contribution < -0.4 is 10.2 Å². The van der Waals surface area contributed by atoms with Gasteiger partial charge in [-0.3, -0.25) is 0 Å². The first-order valence-electron chi connectivity index (χ1n) is 5.63. The smallest absolute Gasteiger partial charge is 0.174 e. The molecule has 19 heavy (non-hydrogen) atoms. The Bertz CT molecular complexity index is 663. The van der Waals surface area contributed by atoms with Crippen molar-refractivity contribution in [2.75, 3.05) is 16.4 Å². The molecule has 0 bridgehead atoms. The van der Waals surface area contributed by atoms with E-state index in [0.717, 1.165) is 0 Å². The van der Waals surface area contributed by atoms with Gasteiger partial charge in [-0.05, 0) is 24.4 Å². The lowest BCUT2D eigenvalue weighted by molar-refractivity contribution is 0.600. The van der Waals surface area contributed by atoms with E-state index in [1.807, 2.05) is 0 Å². The van der Waals surface area contributed by atoms with Crippen LogP contribution in [-0.4, -0.2) is 37.1 Å². The van der Waals surface area contributed by atoms with Crippen LogP contribution in [0.3, 0.4) is 0 Å². The summed E-state index contributed by atoms with van der Waals surface area (Å²) in [4.78, 5) is 1.76. The average Bonchev–Trinajstić information content (AvgIpc) is 2.73. The second kappa shape index (κ2) is 4.48. The first-order valence-corrected chi connectivity index (χ1v) is 8.62. The van der Waals surface area contributed by atoms with E-state index in [2.05, 4.69) is 5.32 Å². The lowest BCUT2D eigenvalue weighted by Crippen LogP contribution is -2.37. The molecule has 2 saturated heterocycles. The van der Waals surface area contributed by atoms with Crippen molar-refractivity contribution >= 4 is 56.1 Å². The van der Waals surface area contributed by atoms with E-state index in [1.165, 1.54) is 0 Å². The number of halogens is 2. The van der Waals surface area contributed by atoms with Gasteiger partial charge in [-0.1, -0.05) is 29.3 Å². The van der Waals surface area contributed by atoms with Crippen molar-refractivity contribution in [2.24, 2.45) is 0 Å². The summed E-state index contributed by atoms with van der Waals surface area (Å²) in [7, 11) is -3.03. The number of anilines is 1. The molecule has 0 aliphatic carbocycles. The fourth-order valence-corrected chi connectivity index (χ4v) is 5.23. The molecule has 1 N–H and O–H groups in total. The second-order valence-electron chi connectivity index (χ2n) is 4.64. The topological polar surface area (TPSA) is 49.4 Å². The van der Waals surface area contributed by atoms with Crippen molar-refractivity contribution < 1.29 is 8.42 Å². The predicted octanol–water partition coefficient (Wildman–Crippen LogP) is 1.85. The van der Waals surface area contributed by atoms with Crippen LogP contribution in [0, 0.1) is 0 Å². The van der Waals surface area contributed by atoms with Gasteiger partial charge in [0.2, 0.25) is 0 Å². The molecule has 0 radical (unpaired) electrons. The number of hydrogen-bond donors (Lipinski definition) is 1. The third-order valence-electron chi connectivity index (χ3n) is 3.37. The van der Waals surface area contributed by atoms with E-state index in [0.29, 0.717) is 20.8 Å². The van der Waals surface area contributed by atoms with Gasteiger partial charge in [-0.2, -0.15) is 0 Å².